The first-order valence-corrected chi connectivity index (χ1v) is 9.42. The van der Waals surface area contributed by atoms with Gasteiger partial charge in [-0.3, -0.25) is 19.2 Å². The summed E-state index contributed by atoms with van der Waals surface area (Å²) in [6.45, 7) is 0. The molecular formula is C14H12Cl6N4O4. The number of carbonyl (C=O) groups is 4. The molecule has 0 aromatic heterocycles. The molecule has 14 heteroatoms. The predicted molar refractivity (Wildman–Crippen MR) is 108 cm³/mol. The normalized spacial score (nSPS) is 13.6. The number of carbonyl (C=O) groups excluding carboxylic acids is 4. The van der Waals surface area contributed by atoms with E-state index in [1.165, 1.54) is 24.3 Å². The molecular weight excluding hydrogens is 501 g/mol. The molecule has 154 valence electrons. The summed E-state index contributed by atoms with van der Waals surface area (Å²) < 4.78 is -4.13. The van der Waals surface area contributed by atoms with Crippen LogP contribution in [-0.4, -0.2) is 44.6 Å². The Labute approximate surface area is 189 Å². The highest BCUT2D eigenvalue weighted by Gasteiger charge is 2.36. The zero-order valence-electron chi connectivity index (χ0n) is 13.5. The van der Waals surface area contributed by atoms with Crippen LogP contribution in [-0.2, 0) is 9.59 Å². The van der Waals surface area contributed by atoms with E-state index in [2.05, 4.69) is 21.3 Å². The van der Waals surface area contributed by atoms with Crippen LogP contribution in [0, 0.1) is 0 Å². The number of rotatable bonds is 8. The molecule has 1 aromatic rings. The molecule has 0 saturated carbocycles. The SMILES string of the molecule is O=CNC(NC(=O)c1ccccc1C(=O)NC(NC=O)C(Cl)(Cl)Cl)C(Cl)(Cl)Cl. The van der Waals surface area contributed by atoms with E-state index in [1.54, 1.807) is 0 Å². The second-order valence-electron chi connectivity index (χ2n) is 5.01. The van der Waals surface area contributed by atoms with E-state index < -0.39 is 31.7 Å². The summed E-state index contributed by atoms with van der Waals surface area (Å²) >= 11 is 34.2. The summed E-state index contributed by atoms with van der Waals surface area (Å²) in [5.74, 6) is -1.68. The fraction of sp³-hybridized carbons (Fsp3) is 0.286. The third-order valence-electron chi connectivity index (χ3n) is 3.09. The molecule has 8 nitrogen and oxygen atoms in total. The van der Waals surface area contributed by atoms with Crippen molar-refractivity contribution in [3.63, 3.8) is 0 Å². The summed E-state index contributed by atoms with van der Waals surface area (Å²) in [5.41, 5.74) is -0.276. The standard InChI is InChI=1S/C14H12Cl6N4O4/c15-13(16,17)11(21-5-25)23-9(27)7-3-1-2-4-8(7)10(28)24-12(22-6-26)14(18,19)20/h1-6,11-12H,(H,21,25)(H,22,26)(H,23,27)(H,24,28). The van der Waals surface area contributed by atoms with Gasteiger partial charge in [0.1, 0.15) is 12.3 Å². The van der Waals surface area contributed by atoms with Crippen LogP contribution in [0.4, 0.5) is 0 Å². The van der Waals surface area contributed by atoms with Gasteiger partial charge in [0.2, 0.25) is 20.4 Å². The molecule has 0 saturated heterocycles. The van der Waals surface area contributed by atoms with E-state index in [9.17, 15) is 19.2 Å². The molecule has 0 bridgehead atoms. The zero-order valence-corrected chi connectivity index (χ0v) is 18.1. The molecule has 4 amide bonds. The Hall–Kier alpha value is -1.16. The minimum absolute atomic E-state index is 0.138. The highest BCUT2D eigenvalue weighted by atomic mass is 35.6. The van der Waals surface area contributed by atoms with Crippen LogP contribution in [0.1, 0.15) is 20.7 Å². The van der Waals surface area contributed by atoms with Gasteiger partial charge >= 0.3 is 0 Å². The molecule has 0 radical (unpaired) electrons. The van der Waals surface area contributed by atoms with Crippen LogP contribution in [0.3, 0.4) is 0 Å². The second kappa shape index (κ2) is 10.6. The van der Waals surface area contributed by atoms with E-state index in [1.807, 2.05) is 0 Å². The average molecular weight is 513 g/mol. The molecule has 0 heterocycles. The van der Waals surface area contributed by atoms with E-state index in [4.69, 9.17) is 69.6 Å². The molecule has 0 spiro atoms. The highest BCUT2D eigenvalue weighted by Crippen LogP contribution is 2.30. The van der Waals surface area contributed by atoms with Gasteiger partial charge in [-0.2, -0.15) is 0 Å². The van der Waals surface area contributed by atoms with Gasteiger partial charge in [0.15, 0.2) is 0 Å². The van der Waals surface area contributed by atoms with Crippen molar-refractivity contribution in [3.05, 3.63) is 35.4 Å². The van der Waals surface area contributed by atoms with Crippen molar-refractivity contribution in [2.75, 3.05) is 0 Å². The first-order valence-electron chi connectivity index (χ1n) is 7.15. The molecule has 0 fully saturated rings. The molecule has 0 aliphatic carbocycles. The molecule has 1 rings (SSSR count). The maximum Gasteiger partial charge on any atom is 0.253 e. The lowest BCUT2D eigenvalue weighted by Gasteiger charge is -2.26. The fourth-order valence-corrected chi connectivity index (χ4v) is 2.57. The minimum Gasteiger partial charge on any atom is -0.335 e. The van der Waals surface area contributed by atoms with Gasteiger partial charge in [-0.1, -0.05) is 81.7 Å². The van der Waals surface area contributed by atoms with Crippen LogP contribution in [0.15, 0.2) is 24.3 Å². The fourth-order valence-electron chi connectivity index (χ4n) is 1.87. The molecule has 1 aromatic carbocycles. The van der Waals surface area contributed by atoms with Crippen molar-refractivity contribution in [2.24, 2.45) is 0 Å². The van der Waals surface area contributed by atoms with Gasteiger partial charge in [-0.15, -0.1) is 0 Å². The second-order valence-corrected chi connectivity index (χ2v) is 9.75. The Bertz CT molecular complexity index is 676. The maximum atomic E-state index is 12.5. The van der Waals surface area contributed by atoms with Crippen LogP contribution in [0.5, 0.6) is 0 Å². The van der Waals surface area contributed by atoms with Gasteiger partial charge in [0, 0.05) is 0 Å². The minimum atomic E-state index is -2.07. The number of alkyl halides is 6. The van der Waals surface area contributed by atoms with E-state index in [0.29, 0.717) is 0 Å². The Morgan fingerprint density at radius 2 is 1.07 bits per heavy atom. The summed E-state index contributed by atoms with van der Waals surface area (Å²) in [4.78, 5) is 46.4. The number of hydrogen-bond donors (Lipinski definition) is 4. The van der Waals surface area contributed by atoms with Crippen molar-refractivity contribution in [1.82, 2.24) is 21.3 Å². The van der Waals surface area contributed by atoms with Crippen molar-refractivity contribution in [2.45, 2.75) is 19.9 Å². The average Bonchev–Trinajstić information content (AvgIpc) is 2.59. The molecule has 4 N–H and O–H groups in total. The van der Waals surface area contributed by atoms with Crippen LogP contribution in [0.2, 0.25) is 0 Å². The van der Waals surface area contributed by atoms with Crippen molar-refractivity contribution in [3.8, 4) is 0 Å². The molecule has 28 heavy (non-hydrogen) atoms. The number of benzene rings is 1. The largest absolute Gasteiger partial charge is 0.335 e. The number of halogens is 6. The van der Waals surface area contributed by atoms with Crippen LogP contribution < -0.4 is 21.3 Å². The first-order chi connectivity index (χ1) is 12.9. The monoisotopic (exact) mass is 510 g/mol. The summed E-state index contributed by atoms with van der Waals surface area (Å²) in [7, 11) is 0. The van der Waals surface area contributed by atoms with E-state index >= 15 is 0 Å². The smallest absolute Gasteiger partial charge is 0.253 e. The lowest BCUT2D eigenvalue weighted by atomic mass is 10.1. The molecule has 2 unspecified atom stereocenters. The van der Waals surface area contributed by atoms with Crippen LogP contribution >= 0.6 is 69.6 Å². The summed E-state index contributed by atoms with van der Waals surface area (Å²) in [5, 5.41) is 8.80. The van der Waals surface area contributed by atoms with Crippen LogP contribution in [0.25, 0.3) is 0 Å². The zero-order chi connectivity index (χ0) is 21.5. The Morgan fingerprint density at radius 1 is 0.750 bits per heavy atom. The van der Waals surface area contributed by atoms with Gasteiger partial charge in [0.25, 0.3) is 11.8 Å². The van der Waals surface area contributed by atoms with Gasteiger partial charge in [0.05, 0.1) is 11.1 Å². The Balaban J connectivity index is 3.12. The van der Waals surface area contributed by atoms with Gasteiger partial charge in [-0.25, -0.2) is 0 Å². The maximum absolute atomic E-state index is 12.5. The summed E-state index contributed by atoms with van der Waals surface area (Å²) in [6, 6.07) is 5.55. The van der Waals surface area contributed by atoms with E-state index in [-0.39, 0.29) is 23.9 Å². The Kier molecular flexibility index (Phi) is 9.39. The Morgan fingerprint density at radius 3 is 1.32 bits per heavy atom. The quantitative estimate of drug-likeness (QED) is 0.242. The van der Waals surface area contributed by atoms with E-state index in [0.717, 1.165) is 0 Å². The number of amides is 4. The first kappa shape index (κ1) is 24.9. The topological polar surface area (TPSA) is 116 Å². The van der Waals surface area contributed by atoms with Crippen molar-refractivity contribution in [1.29, 1.82) is 0 Å². The third-order valence-corrected chi connectivity index (χ3v) is 4.40. The van der Waals surface area contributed by atoms with Crippen molar-refractivity contribution >= 4 is 94.2 Å². The van der Waals surface area contributed by atoms with Gasteiger partial charge in [-0.05, 0) is 12.1 Å². The molecule has 2 atom stereocenters. The third kappa shape index (κ3) is 7.35. The molecule has 0 aliphatic rings. The summed E-state index contributed by atoms with van der Waals surface area (Å²) in [6.07, 6.45) is -2.32. The van der Waals surface area contributed by atoms with Crippen molar-refractivity contribution < 1.29 is 19.2 Å². The number of hydrogen-bond acceptors (Lipinski definition) is 4. The highest BCUT2D eigenvalue weighted by molar-refractivity contribution is 6.68. The number of nitrogens with one attached hydrogen (secondary N) is 4. The predicted octanol–water partition coefficient (Wildman–Crippen LogP) is 2.03. The lowest BCUT2D eigenvalue weighted by molar-refractivity contribution is -0.111. The molecule has 0 aliphatic heterocycles. The van der Waals surface area contributed by atoms with Gasteiger partial charge < -0.3 is 21.3 Å². The lowest BCUT2D eigenvalue weighted by Crippen LogP contribution is -2.54.